The predicted octanol–water partition coefficient (Wildman–Crippen LogP) is 4.35. The smallest absolute Gasteiger partial charge is 0.262 e. The highest BCUT2D eigenvalue weighted by Crippen LogP contribution is 2.24. The topological polar surface area (TPSA) is 55.2 Å². The van der Waals surface area contributed by atoms with Crippen LogP contribution in [-0.2, 0) is 11.3 Å². The molecule has 1 aromatic heterocycles. The van der Waals surface area contributed by atoms with Crippen molar-refractivity contribution >= 4 is 28.6 Å². The minimum atomic E-state index is -0.0682. The molecule has 0 N–H and O–H groups in total. The zero-order valence-corrected chi connectivity index (χ0v) is 19.2. The van der Waals surface area contributed by atoms with Crippen LogP contribution in [-0.4, -0.2) is 39.2 Å². The van der Waals surface area contributed by atoms with Crippen LogP contribution in [0.4, 0.5) is 0 Å². The van der Waals surface area contributed by atoms with Crippen LogP contribution in [0.2, 0.25) is 0 Å². The van der Waals surface area contributed by atoms with Crippen LogP contribution in [0.25, 0.3) is 10.9 Å². The van der Waals surface area contributed by atoms with E-state index in [9.17, 15) is 9.59 Å². The fourth-order valence-electron chi connectivity index (χ4n) is 4.36. The van der Waals surface area contributed by atoms with E-state index in [1.165, 1.54) is 23.7 Å². The van der Waals surface area contributed by atoms with E-state index >= 15 is 0 Å². The molecule has 31 heavy (non-hydrogen) atoms. The summed E-state index contributed by atoms with van der Waals surface area (Å²) in [5.41, 5.74) is 2.82. The Labute approximate surface area is 187 Å². The molecule has 162 valence electrons. The number of aromatic nitrogens is 2. The zero-order chi connectivity index (χ0) is 22.0. The molecule has 1 amide bonds. The number of thioether (sulfide) groups is 1. The van der Waals surface area contributed by atoms with Crippen molar-refractivity contribution in [2.24, 2.45) is 11.8 Å². The fraction of sp³-hybridized carbons (Fsp3) is 0.400. The lowest BCUT2D eigenvalue weighted by molar-refractivity contribution is -0.130. The van der Waals surface area contributed by atoms with Crippen LogP contribution >= 0.6 is 11.8 Å². The molecule has 3 aromatic rings. The molecular weight excluding hydrogens is 406 g/mol. The highest BCUT2D eigenvalue weighted by Gasteiger charge is 2.25. The van der Waals surface area contributed by atoms with E-state index < -0.39 is 0 Å². The van der Waals surface area contributed by atoms with E-state index in [2.05, 4.69) is 13.8 Å². The summed E-state index contributed by atoms with van der Waals surface area (Å²) in [6, 6.07) is 15.6. The van der Waals surface area contributed by atoms with Crippen LogP contribution in [0.3, 0.4) is 0 Å². The Bertz CT molecular complexity index is 1130. The number of benzene rings is 2. The first-order valence-corrected chi connectivity index (χ1v) is 11.8. The summed E-state index contributed by atoms with van der Waals surface area (Å²) in [5, 5.41) is 1.19. The molecular formula is C25H29N3O2S. The molecule has 1 aliphatic rings. The van der Waals surface area contributed by atoms with Crippen molar-refractivity contribution in [1.82, 2.24) is 14.5 Å². The summed E-state index contributed by atoms with van der Waals surface area (Å²) < 4.78 is 1.70. The fourth-order valence-corrected chi connectivity index (χ4v) is 5.26. The Kier molecular flexibility index (Phi) is 6.46. The maximum atomic E-state index is 13.3. The summed E-state index contributed by atoms with van der Waals surface area (Å²) >= 11 is 1.36. The van der Waals surface area contributed by atoms with E-state index in [4.69, 9.17) is 4.98 Å². The first kappa shape index (κ1) is 21.6. The molecule has 0 radical (unpaired) electrons. The molecule has 2 unspecified atom stereocenters. The molecule has 4 rings (SSSR count). The molecule has 0 saturated carbocycles. The largest absolute Gasteiger partial charge is 0.341 e. The Hall–Kier alpha value is -2.60. The third kappa shape index (κ3) is 5.01. The average Bonchev–Trinajstić information content (AvgIpc) is 2.75. The summed E-state index contributed by atoms with van der Waals surface area (Å²) in [5.74, 6) is 1.46. The van der Waals surface area contributed by atoms with Crippen LogP contribution in [0.1, 0.15) is 31.4 Å². The maximum absolute atomic E-state index is 13.3. The third-order valence-corrected chi connectivity index (χ3v) is 6.80. The number of piperidine rings is 1. The summed E-state index contributed by atoms with van der Waals surface area (Å²) in [6.07, 6.45) is 1.17. The van der Waals surface area contributed by atoms with E-state index in [0.29, 0.717) is 34.4 Å². The van der Waals surface area contributed by atoms with Crippen molar-refractivity contribution in [3.05, 3.63) is 70.0 Å². The lowest BCUT2D eigenvalue weighted by Gasteiger charge is -2.35. The maximum Gasteiger partial charge on any atom is 0.262 e. The van der Waals surface area contributed by atoms with Crippen molar-refractivity contribution in [3.8, 4) is 0 Å². The predicted molar refractivity (Wildman–Crippen MR) is 127 cm³/mol. The van der Waals surface area contributed by atoms with Crippen molar-refractivity contribution in [2.75, 3.05) is 18.8 Å². The second-order valence-corrected chi connectivity index (χ2v) is 9.76. The van der Waals surface area contributed by atoms with Gasteiger partial charge >= 0.3 is 0 Å². The Morgan fingerprint density at radius 1 is 1.06 bits per heavy atom. The lowest BCUT2D eigenvalue weighted by atomic mass is 9.92. The standard InChI is InChI=1S/C25H29N3O2S/c1-17-8-10-20(11-9-17)15-28-24(30)21-6-4-5-7-22(21)26-25(28)31-16-23(29)27-13-18(2)12-19(3)14-27/h4-11,18-19H,12-16H2,1-3H3. The van der Waals surface area contributed by atoms with Crippen LogP contribution in [0.15, 0.2) is 58.5 Å². The van der Waals surface area contributed by atoms with Crippen LogP contribution < -0.4 is 5.56 Å². The Balaban J connectivity index is 1.61. The van der Waals surface area contributed by atoms with E-state index in [-0.39, 0.29) is 17.2 Å². The van der Waals surface area contributed by atoms with Gasteiger partial charge in [0.15, 0.2) is 5.16 Å². The summed E-state index contributed by atoms with van der Waals surface area (Å²) in [4.78, 5) is 32.9. The average molecular weight is 436 g/mol. The summed E-state index contributed by atoms with van der Waals surface area (Å²) in [6.45, 7) is 8.50. The molecule has 5 nitrogen and oxygen atoms in total. The van der Waals surface area contributed by atoms with Gasteiger partial charge in [0.05, 0.1) is 23.2 Å². The molecule has 1 fully saturated rings. The van der Waals surface area contributed by atoms with E-state index in [1.54, 1.807) is 4.57 Å². The SMILES string of the molecule is Cc1ccc(Cn2c(SCC(=O)N3CC(C)CC(C)C3)nc3ccccc3c2=O)cc1. The quantitative estimate of drug-likeness (QED) is 0.442. The monoisotopic (exact) mass is 435 g/mol. The van der Waals surface area contributed by atoms with Crippen LogP contribution in [0.5, 0.6) is 0 Å². The Morgan fingerprint density at radius 2 is 1.74 bits per heavy atom. The van der Waals surface area contributed by atoms with Gasteiger partial charge in [0, 0.05) is 13.1 Å². The normalized spacial score (nSPS) is 19.0. The lowest BCUT2D eigenvalue weighted by Crippen LogP contribution is -2.43. The number of hydrogen-bond donors (Lipinski definition) is 0. The highest BCUT2D eigenvalue weighted by atomic mass is 32.2. The molecule has 6 heteroatoms. The van der Waals surface area contributed by atoms with Gasteiger partial charge < -0.3 is 4.90 Å². The van der Waals surface area contributed by atoms with Gasteiger partial charge in [0.25, 0.3) is 5.56 Å². The molecule has 0 aliphatic carbocycles. The van der Waals surface area contributed by atoms with Gasteiger partial charge in [0.2, 0.25) is 5.91 Å². The number of para-hydroxylation sites is 1. The second kappa shape index (κ2) is 9.27. The highest BCUT2D eigenvalue weighted by molar-refractivity contribution is 7.99. The first-order chi connectivity index (χ1) is 14.9. The zero-order valence-electron chi connectivity index (χ0n) is 18.4. The number of carbonyl (C=O) groups is 1. The number of rotatable bonds is 5. The number of carbonyl (C=O) groups excluding carboxylic acids is 1. The summed E-state index contributed by atoms with van der Waals surface area (Å²) in [7, 11) is 0. The van der Waals surface area contributed by atoms with Crippen molar-refractivity contribution in [2.45, 2.75) is 38.9 Å². The van der Waals surface area contributed by atoms with Gasteiger partial charge in [-0.3, -0.25) is 14.2 Å². The number of nitrogens with zero attached hydrogens (tertiary/aromatic N) is 3. The molecule has 1 saturated heterocycles. The minimum absolute atomic E-state index is 0.0682. The van der Waals surface area contributed by atoms with Gasteiger partial charge in [-0.05, 0) is 42.9 Å². The van der Waals surface area contributed by atoms with Crippen molar-refractivity contribution in [3.63, 3.8) is 0 Å². The van der Waals surface area contributed by atoms with Gasteiger partial charge in [-0.2, -0.15) is 0 Å². The number of amides is 1. The van der Waals surface area contributed by atoms with Gasteiger partial charge in [-0.25, -0.2) is 4.98 Å². The molecule has 2 aromatic carbocycles. The van der Waals surface area contributed by atoms with E-state index in [0.717, 1.165) is 18.7 Å². The van der Waals surface area contributed by atoms with Crippen molar-refractivity contribution < 1.29 is 4.79 Å². The molecule has 2 atom stereocenters. The first-order valence-electron chi connectivity index (χ1n) is 10.9. The molecule has 0 spiro atoms. The molecule has 1 aliphatic heterocycles. The number of hydrogen-bond acceptors (Lipinski definition) is 4. The third-order valence-electron chi connectivity index (χ3n) is 5.83. The molecule has 2 heterocycles. The van der Waals surface area contributed by atoms with Crippen LogP contribution in [0, 0.1) is 18.8 Å². The number of aryl methyl sites for hydroxylation is 1. The number of fused-ring (bicyclic) bond motifs is 1. The van der Waals surface area contributed by atoms with Gasteiger partial charge in [0.1, 0.15) is 0 Å². The van der Waals surface area contributed by atoms with Gasteiger partial charge in [-0.15, -0.1) is 0 Å². The Morgan fingerprint density at radius 3 is 2.45 bits per heavy atom. The number of likely N-dealkylation sites (tertiary alicyclic amines) is 1. The van der Waals surface area contributed by atoms with Crippen molar-refractivity contribution in [1.29, 1.82) is 0 Å². The second-order valence-electron chi connectivity index (χ2n) is 8.82. The molecule has 0 bridgehead atoms. The van der Waals surface area contributed by atoms with Gasteiger partial charge in [-0.1, -0.05) is 67.6 Å². The minimum Gasteiger partial charge on any atom is -0.341 e. The van der Waals surface area contributed by atoms with E-state index in [1.807, 2.05) is 60.4 Å².